The highest BCUT2D eigenvalue weighted by molar-refractivity contribution is 5.73. The number of nitrogens with one attached hydrogen (secondary N) is 1. The molecule has 0 unspecified atom stereocenters. The minimum Gasteiger partial charge on any atom is -0.351 e. The second-order valence-corrected chi connectivity index (χ2v) is 4.45. The average molecular weight is 197 g/mol. The zero-order chi connectivity index (χ0) is 10.0. The van der Waals surface area contributed by atoms with Gasteiger partial charge in [-0.25, -0.2) is 4.79 Å². The Bertz CT molecular complexity index is 215. The summed E-state index contributed by atoms with van der Waals surface area (Å²) in [6.07, 6.45) is 5.98. The Labute approximate surface area is 84.8 Å². The molecule has 1 saturated heterocycles. The van der Waals surface area contributed by atoms with Crippen molar-refractivity contribution in [3.05, 3.63) is 0 Å². The first-order valence-electron chi connectivity index (χ1n) is 5.52. The second kappa shape index (κ2) is 3.77. The molecule has 3 N–H and O–H groups in total. The summed E-state index contributed by atoms with van der Waals surface area (Å²) >= 11 is 0. The number of primary amides is 1. The molecular weight excluding hydrogens is 178 g/mol. The molecule has 0 atom stereocenters. The van der Waals surface area contributed by atoms with Crippen LogP contribution >= 0.6 is 0 Å². The van der Waals surface area contributed by atoms with Gasteiger partial charge in [0.2, 0.25) is 0 Å². The average Bonchev–Trinajstić information content (AvgIpc) is 2.19. The Kier molecular flexibility index (Phi) is 2.63. The Morgan fingerprint density at radius 2 is 2.00 bits per heavy atom. The number of hydrogen-bond donors (Lipinski definition) is 2. The van der Waals surface area contributed by atoms with Gasteiger partial charge in [-0.3, -0.25) is 0 Å². The first kappa shape index (κ1) is 9.77. The van der Waals surface area contributed by atoms with Crippen molar-refractivity contribution in [2.24, 2.45) is 5.73 Å². The van der Waals surface area contributed by atoms with Crippen LogP contribution in [0.5, 0.6) is 0 Å². The topological polar surface area (TPSA) is 58.4 Å². The van der Waals surface area contributed by atoms with Crippen LogP contribution in [0.4, 0.5) is 4.79 Å². The molecular formula is C10H19N3O. The lowest BCUT2D eigenvalue weighted by Gasteiger charge is -2.49. The van der Waals surface area contributed by atoms with Crippen molar-refractivity contribution in [1.82, 2.24) is 10.2 Å². The molecule has 0 aromatic heterocycles. The van der Waals surface area contributed by atoms with E-state index in [4.69, 9.17) is 5.73 Å². The maximum Gasteiger partial charge on any atom is 0.315 e. The molecule has 2 aliphatic rings. The van der Waals surface area contributed by atoms with Crippen LogP contribution < -0.4 is 11.1 Å². The smallest absolute Gasteiger partial charge is 0.315 e. The van der Waals surface area contributed by atoms with E-state index >= 15 is 0 Å². The predicted octanol–water partition coefficient (Wildman–Crippen LogP) is 0.673. The Morgan fingerprint density at radius 1 is 1.29 bits per heavy atom. The van der Waals surface area contributed by atoms with E-state index in [2.05, 4.69) is 5.32 Å². The summed E-state index contributed by atoms with van der Waals surface area (Å²) in [5, 5.41) is 3.38. The molecule has 1 spiro atoms. The molecule has 0 radical (unpaired) electrons. The van der Waals surface area contributed by atoms with Crippen molar-refractivity contribution in [2.75, 3.05) is 19.6 Å². The highest BCUT2D eigenvalue weighted by Crippen LogP contribution is 2.34. The minimum atomic E-state index is -0.242. The van der Waals surface area contributed by atoms with E-state index in [0.29, 0.717) is 0 Å². The van der Waals surface area contributed by atoms with Crippen molar-refractivity contribution in [3.8, 4) is 0 Å². The molecule has 2 fully saturated rings. The zero-order valence-electron chi connectivity index (χ0n) is 8.59. The molecule has 1 heterocycles. The third-order valence-corrected chi connectivity index (χ3v) is 3.59. The fourth-order valence-electron chi connectivity index (χ4n) is 2.85. The molecule has 0 aromatic carbocycles. The SMILES string of the molecule is NC(=O)N1CCNCC12CCCCC2. The number of carbonyl (C=O) groups excluding carboxylic acids is 1. The molecule has 14 heavy (non-hydrogen) atoms. The number of carbonyl (C=O) groups is 1. The summed E-state index contributed by atoms with van der Waals surface area (Å²) < 4.78 is 0. The summed E-state index contributed by atoms with van der Waals surface area (Å²) in [5.74, 6) is 0. The molecule has 2 rings (SSSR count). The minimum absolute atomic E-state index is 0.0440. The maximum atomic E-state index is 11.3. The lowest BCUT2D eigenvalue weighted by molar-refractivity contribution is 0.0613. The van der Waals surface area contributed by atoms with Crippen molar-refractivity contribution in [1.29, 1.82) is 0 Å². The third-order valence-electron chi connectivity index (χ3n) is 3.59. The number of hydrogen-bond acceptors (Lipinski definition) is 2. The molecule has 0 bridgehead atoms. The Morgan fingerprint density at radius 3 is 2.64 bits per heavy atom. The molecule has 80 valence electrons. The monoisotopic (exact) mass is 197 g/mol. The van der Waals surface area contributed by atoms with Crippen LogP contribution in [-0.4, -0.2) is 36.1 Å². The lowest BCUT2D eigenvalue weighted by atomic mass is 9.79. The summed E-state index contributed by atoms with van der Waals surface area (Å²) in [5.41, 5.74) is 5.48. The van der Waals surface area contributed by atoms with Crippen LogP contribution in [0, 0.1) is 0 Å². The van der Waals surface area contributed by atoms with Gasteiger partial charge in [-0.2, -0.15) is 0 Å². The van der Waals surface area contributed by atoms with Crippen molar-refractivity contribution >= 4 is 6.03 Å². The maximum absolute atomic E-state index is 11.3. The van der Waals surface area contributed by atoms with E-state index in [1.165, 1.54) is 19.3 Å². The fourth-order valence-corrected chi connectivity index (χ4v) is 2.85. The lowest BCUT2D eigenvalue weighted by Crippen LogP contribution is -2.64. The van der Waals surface area contributed by atoms with E-state index in [1.54, 1.807) is 0 Å². The number of piperazine rings is 1. The van der Waals surface area contributed by atoms with Gasteiger partial charge in [0.25, 0.3) is 0 Å². The largest absolute Gasteiger partial charge is 0.351 e. The molecule has 2 amide bonds. The summed E-state index contributed by atoms with van der Waals surface area (Å²) in [4.78, 5) is 13.2. The van der Waals surface area contributed by atoms with E-state index in [-0.39, 0.29) is 11.6 Å². The Hall–Kier alpha value is -0.770. The summed E-state index contributed by atoms with van der Waals surface area (Å²) in [7, 11) is 0. The van der Waals surface area contributed by atoms with E-state index in [1.807, 2.05) is 4.90 Å². The van der Waals surface area contributed by atoms with Crippen LogP contribution in [0.3, 0.4) is 0 Å². The molecule has 1 aliphatic heterocycles. The molecule has 0 aromatic rings. The van der Waals surface area contributed by atoms with E-state index in [0.717, 1.165) is 32.5 Å². The highest BCUT2D eigenvalue weighted by atomic mass is 16.2. The van der Waals surface area contributed by atoms with Gasteiger partial charge >= 0.3 is 6.03 Å². The number of amides is 2. The molecule has 1 aliphatic carbocycles. The Balaban J connectivity index is 2.14. The van der Waals surface area contributed by atoms with E-state index in [9.17, 15) is 4.79 Å². The van der Waals surface area contributed by atoms with Gasteiger partial charge in [0.1, 0.15) is 0 Å². The van der Waals surface area contributed by atoms with Crippen molar-refractivity contribution < 1.29 is 4.79 Å². The van der Waals surface area contributed by atoms with Crippen LogP contribution in [0.15, 0.2) is 0 Å². The fraction of sp³-hybridized carbons (Fsp3) is 0.900. The first-order valence-corrected chi connectivity index (χ1v) is 5.52. The summed E-state index contributed by atoms with van der Waals surface area (Å²) in [6.45, 7) is 2.58. The van der Waals surface area contributed by atoms with E-state index < -0.39 is 0 Å². The van der Waals surface area contributed by atoms with Crippen LogP contribution in [-0.2, 0) is 0 Å². The predicted molar refractivity (Wildman–Crippen MR) is 55.0 cm³/mol. The van der Waals surface area contributed by atoms with Crippen LogP contribution in [0.25, 0.3) is 0 Å². The second-order valence-electron chi connectivity index (χ2n) is 4.45. The van der Waals surface area contributed by atoms with Crippen molar-refractivity contribution in [2.45, 2.75) is 37.6 Å². The normalized spacial score (nSPS) is 26.4. The highest BCUT2D eigenvalue weighted by Gasteiger charge is 2.41. The van der Waals surface area contributed by atoms with Crippen LogP contribution in [0.2, 0.25) is 0 Å². The van der Waals surface area contributed by atoms with Gasteiger partial charge in [0.15, 0.2) is 0 Å². The van der Waals surface area contributed by atoms with Gasteiger partial charge < -0.3 is 16.0 Å². The summed E-state index contributed by atoms with van der Waals surface area (Å²) in [6, 6.07) is -0.242. The van der Waals surface area contributed by atoms with Gasteiger partial charge in [-0.15, -0.1) is 0 Å². The van der Waals surface area contributed by atoms with Gasteiger partial charge in [-0.1, -0.05) is 19.3 Å². The van der Waals surface area contributed by atoms with Crippen molar-refractivity contribution in [3.63, 3.8) is 0 Å². The molecule has 4 heteroatoms. The molecule has 4 nitrogen and oxygen atoms in total. The standard InChI is InChI=1S/C10H19N3O/c11-9(14)13-7-6-12-8-10(13)4-2-1-3-5-10/h12H,1-8H2,(H2,11,14). The zero-order valence-corrected chi connectivity index (χ0v) is 8.59. The quantitative estimate of drug-likeness (QED) is 0.599. The van der Waals surface area contributed by atoms with Crippen LogP contribution in [0.1, 0.15) is 32.1 Å². The first-order chi connectivity index (χ1) is 6.75. The van der Waals surface area contributed by atoms with Gasteiger partial charge in [-0.05, 0) is 12.8 Å². The van der Waals surface area contributed by atoms with Gasteiger partial charge in [0, 0.05) is 19.6 Å². The third kappa shape index (κ3) is 1.59. The van der Waals surface area contributed by atoms with Gasteiger partial charge in [0.05, 0.1) is 5.54 Å². The number of urea groups is 1. The number of nitrogens with zero attached hydrogens (tertiary/aromatic N) is 1. The number of nitrogens with two attached hydrogens (primary N) is 1. The number of rotatable bonds is 0. The molecule has 1 saturated carbocycles.